The third-order valence-corrected chi connectivity index (χ3v) is 3.58. The molecule has 0 saturated heterocycles. The number of benzene rings is 1. The molecule has 7 heteroatoms. The van der Waals surface area contributed by atoms with Crippen LogP contribution in [-0.2, 0) is 9.53 Å². The quantitative estimate of drug-likeness (QED) is 0.807. The zero-order valence-electron chi connectivity index (χ0n) is 14.4. The molecule has 1 aliphatic heterocycles. The second-order valence-electron chi connectivity index (χ2n) is 5.63. The molecule has 0 radical (unpaired) electrons. The number of hydrogen-bond donors (Lipinski definition) is 2. The fraction of sp³-hybridized carbons (Fsp3) is 0.412. The minimum atomic E-state index is -0.675. The van der Waals surface area contributed by atoms with Crippen LogP contribution in [0.4, 0.5) is 4.79 Å². The van der Waals surface area contributed by atoms with Crippen molar-refractivity contribution in [2.24, 2.45) is 0 Å². The van der Waals surface area contributed by atoms with Crippen molar-refractivity contribution in [1.82, 2.24) is 10.6 Å². The second-order valence-corrected chi connectivity index (χ2v) is 5.63. The molecular weight excluding hydrogens is 312 g/mol. The van der Waals surface area contributed by atoms with Crippen molar-refractivity contribution in [3.8, 4) is 11.5 Å². The maximum Gasteiger partial charge on any atom is 0.338 e. The lowest BCUT2D eigenvalue weighted by Gasteiger charge is -2.29. The molecule has 1 aromatic rings. The topological polar surface area (TPSA) is 85.9 Å². The highest BCUT2D eigenvalue weighted by atomic mass is 16.5. The van der Waals surface area contributed by atoms with Gasteiger partial charge in [0.15, 0.2) is 0 Å². The summed E-state index contributed by atoms with van der Waals surface area (Å²) >= 11 is 0. The van der Waals surface area contributed by atoms with E-state index in [1.807, 2.05) is 0 Å². The van der Waals surface area contributed by atoms with Crippen LogP contribution in [0.25, 0.3) is 0 Å². The van der Waals surface area contributed by atoms with E-state index >= 15 is 0 Å². The summed E-state index contributed by atoms with van der Waals surface area (Å²) in [4.78, 5) is 24.4. The molecule has 0 aromatic heterocycles. The summed E-state index contributed by atoms with van der Waals surface area (Å²) in [6.45, 7) is 5.20. The number of ether oxygens (including phenoxy) is 3. The first kappa shape index (κ1) is 17.7. The van der Waals surface area contributed by atoms with Crippen LogP contribution in [0.1, 0.15) is 32.4 Å². The molecule has 1 heterocycles. The average molecular weight is 334 g/mol. The van der Waals surface area contributed by atoms with Crippen molar-refractivity contribution in [2.45, 2.75) is 32.9 Å². The Morgan fingerprint density at radius 2 is 1.92 bits per heavy atom. The third-order valence-electron chi connectivity index (χ3n) is 3.58. The van der Waals surface area contributed by atoms with Crippen LogP contribution in [0.2, 0.25) is 0 Å². The summed E-state index contributed by atoms with van der Waals surface area (Å²) in [6, 6.07) is 4.13. The van der Waals surface area contributed by atoms with Gasteiger partial charge in [0.25, 0.3) is 0 Å². The van der Waals surface area contributed by atoms with Gasteiger partial charge >= 0.3 is 12.0 Å². The van der Waals surface area contributed by atoms with E-state index in [2.05, 4.69) is 10.6 Å². The lowest BCUT2D eigenvalue weighted by molar-refractivity contribution is -0.143. The van der Waals surface area contributed by atoms with Gasteiger partial charge in [0.1, 0.15) is 11.5 Å². The van der Waals surface area contributed by atoms with Gasteiger partial charge < -0.3 is 24.8 Å². The van der Waals surface area contributed by atoms with Gasteiger partial charge in [0.05, 0.1) is 31.9 Å². The van der Waals surface area contributed by atoms with Gasteiger partial charge in [-0.05, 0) is 32.9 Å². The lowest BCUT2D eigenvalue weighted by Crippen LogP contribution is -2.45. The van der Waals surface area contributed by atoms with Crippen LogP contribution >= 0.6 is 0 Å². The van der Waals surface area contributed by atoms with E-state index in [-0.39, 0.29) is 6.10 Å². The smallest absolute Gasteiger partial charge is 0.338 e. The molecule has 7 nitrogen and oxygen atoms in total. The predicted molar refractivity (Wildman–Crippen MR) is 87.9 cm³/mol. The molecule has 1 aromatic carbocycles. The van der Waals surface area contributed by atoms with Crippen molar-refractivity contribution < 1.29 is 23.8 Å². The Morgan fingerprint density at radius 3 is 2.50 bits per heavy atom. The van der Waals surface area contributed by atoms with Crippen LogP contribution in [-0.4, -0.2) is 32.3 Å². The van der Waals surface area contributed by atoms with Crippen molar-refractivity contribution in [3.05, 3.63) is 35.0 Å². The molecule has 0 saturated carbocycles. The van der Waals surface area contributed by atoms with E-state index in [0.29, 0.717) is 28.3 Å². The van der Waals surface area contributed by atoms with E-state index in [1.165, 1.54) is 7.11 Å². The second kappa shape index (κ2) is 7.25. The van der Waals surface area contributed by atoms with E-state index in [4.69, 9.17) is 14.2 Å². The first-order valence-corrected chi connectivity index (χ1v) is 7.58. The van der Waals surface area contributed by atoms with E-state index in [1.54, 1.807) is 46.1 Å². The molecule has 0 spiro atoms. The molecule has 0 bridgehead atoms. The standard InChI is InChI=1S/C17H22N2O5/c1-9(2)24-16(20)14-10(3)18-17(21)19-15(14)12-7-6-11(22-4)8-13(12)23-5/h6-9,15H,1-5H3,(H2,18,19,21). The minimum absolute atomic E-state index is 0.270. The highest BCUT2D eigenvalue weighted by Crippen LogP contribution is 2.35. The van der Waals surface area contributed by atoms with Gasteiger partial charge in [-0.2, -0.15) is 0 Å². The van der Waals surface area contributed by atoms with E-state index < -0.39 is 18.0 Å². The van der Waals surface area contributed by atoms with Gasteiger partial charge in [-0.25, -0.2) is 9.59 Å². The SMILES string of the molecule is COc1ccc(C2NC(=O)NC(C)=C2C(=O)OC(C)C)c(OC)c1. The number of esters is 1. The number of nitrogens with one attached hydrogen (secondary N) is 2. The maximum atomic E-state index is 12.5. The monoisotopic (exact) mass is 334 g/mol. The van der Waals surface area contributed by atoms with Gasteiger partial charge in [-0.1, -0.05) is 0 Å². The third kappa shape index (κ3) is 3.61. The van der Waals surface area contributed by atoms with Crippen LogP contribution < -0.4 is 20.1 Å². The molecule has 1 unspecified atom stereocenters. The Morgan fingerprint density at radius 1 is 1.21 bits per heavy atom. The average Bonchev–Trinajstić information content (AvgIpc) is 2.52. The van der Waals surface area contributed by atoms with Crippen LogP contribution in [0.15, 0.2) is 29.5 Å². The summed E-state index contributed by atoms with van der Waals surface area (Å²) in [7, 11) is 3.07. The normalized spacial score (nSPS) is 17.2. The number of carbonyl (C=O) groups is 2. The molecule has 2 rings (SSSR count). The van der Waals surface area contributed by atoms with Crippen molar-refractivity contribution in [3.63, 3.8) is 0 Å². The first-order valence-electron chi connectivity index (χ1n) is 7.58. The molecule has 0 fully saturated rings. The molecule has 2 amide bonds. The maximum absolute atomic E-state index is 12.5. The number of allylic oxidation sites excluding steroid dienone is 1. The molecule has 24 heavy (non-hydrogen) atoms. The molecule has 130 valence electrons. The van der Waals surface area contributed by atoms with E-state index in [9.17, 15) is 9.59 Å². The highest BCUT2D eigenvalue weighted by Gasteiger charge is 2.34. The number of amides is 2. The molecular formula is C17H22N2O5. The Bertz CT molecular complexity index is 682. The zero-order chi connectivity index (χ0) is 17.9. The van der Waals surface area contributed by atoms with E-state index in [0.717, 1.165) is 0 Å². The number of rotatable bonds is 5. The zero-order valence-corrected chi connectivity index (χ0v) is 14.4. The van der Waals surface area contributed by atoms with Gasteiger partial charge in [-0.3, -0.25) is 0 Å². The molecule has 1 aliphatic rings. The number of hydrogen-bond acceptors (Lipinski definition) is 5. The molecule has 2 N–H and O–H groups in total. The molecule has 1 atom stereocenters. The predicted octanol–water partition coefficient (Wildman–Crippen LogP) is 2.28. The Labute approximate surface area is 141 Å². The number of urea groups is 1. The number of methoxy groups -OCH3 is 2. The number of carbonyl (C=O) groups excluding carboxylic acids is 2. The van der Waals surface area contributed by atoms with Crippen LogP contribution in [0.3, 0.4) is 0 Å². The van der Waals surface area contributed by atoms with Gasteiger partial charge in [0.2, 0.25) is 0 Å². The summed E-state index contributed by atoms with van der Waals surface area (Å²) in [6.07, 6.45) is -0.270. The summed E-state index contributed by atoms with van der Waals surface area (Å²) < 4.78 is 15.9. The lowest BCUT2D eigenvalue weighted by atomic mass is 9.94. The van der Waals surface area contributed by atoms with Crippen molar-refractivity contribution in [1.29, 1.82) is 0 Å². The fourth-order valence-electron chi connectivity index (χ4n) is 2.53. The van der Waals surface area contributed by atoms with Crippen LogP contribution in [0, 0.1) is 0 Å². The first-order chi connectivity index (χ1) is 11.4. The van der Waals surface area contributed by atoms with Gasteiger partial charge in [0, 0.05) is 17.3 Å². The summed E-state index contributed by atoms with van der Waals surface area (Å²) in [5.41, 5.74) is 1.43. The van der Waals surface area contributed by atoms with Crippen molar-refractivity contribution in [2.75, 3.05) is 14.2 Å². The summed E-state index contributed by atoms with van der Waals surface area (Å²) in [5, 5.41) is 5.36. The Kier molecular flexibility index (Phi) is 5.33. The largest absolute Gasteiger partial charge is 0.497 e. The summed E-state index contributed by atoms with van der Waals surface area (Å²) in [5.74, 6) is 0.630. The Hall–Kier alpha value is -2.70. The van der Waals surface area contributed by atoms with Crippen LogP contribution in [0.5, 0.6) is 11.5 Å². The molecule has 0 aliphatic carbocycles. The highest BCUT2D eigenvalue weighted by molar-refractivity contribution is 5.95. The fourth-order valence-corrected chi connectivity index (χ4v) is 2.53. The Balaban J connectivity index is 2.51. The minimum Gasteiger partial charge on any atom is -0.497 e. The van der Waals surface area contributed by atoms with Gasteiger partial charge in [-0.15, -0.1) is 0 Å². The van der Waals surface area contributed by atoms with Crippen molar-refractivity contribution >= 4 is 12.0 Å².